The fraction of sp³-hybridized carbons (Fsp3) is 0.471. The lowest BCUT2D eigenvalue weighted by atomic mass is 10.0. The molecule has 6 nitrogen and oxygen atoms in total. The first-order chi connectivity index (χ1) is 12.4. The van der Waals surface area contributed by atoms with E-state index in [1.807, 2.05) is 4.90 Å². The van der Waals surface area contributed by atoms with Crippen LogP contribution in [0, 0.1) is 0 Å². The molecule has 1 aliphatic heterocycles. The van der Waals surface area contributed by atoms with Crippen molar-refractivity contribution in [3.05, 3.63) is 35.4 Å². The van der Waals surface area contributed by atoms with Gasteiger partial charge in [0.05, 0.1) is 24.8 Å². The lowest BCUT2D eigenvalue weighted by molar-refractivity contribution is -0.137. The minimum Gasteiger partial charge on any atom is -0.467 e. The van der Waals surface area contributed by atoms with Gasteiger partial charge in [-0.25, -0.2) is 0 Å². The van der Waals surface area contributed by atoms with Crippen molar-refractivity contribution in [1.82, 2.24) is 5.16 Å². The summed E-state index contributed by atoms with van der Waals surface area (Å²) >= 11 is 0. The summed E-state index contributed by atoms with van der Waals surface area (Å²) in [6.45, 7) is 1.70. The predicted octanol–water partition coefficient (Wildman–Crippen LogP) is 3.45. The van der Waals surface area contributed by atoms with Gasteiger partial charge in [-0.15, -0.1) is 0 Å². The summed E-state index contributed by atoms with van der Waals surface area (Å²) in [5.74, 6) is 0.805. The maximum Gasteiger partial charge on any atom is 0.416 e. The van der Waals surface area contributed by atoms with Crippen LogP contribution in [0.1, 0.15) is 30.1 Å². The Morgan fingerprint density at radius 1 is 1.38 bits per heavy atom. The number of ether oxygens (including phenoxy) is 1. The molecule has 0 spiro atoms. The first-order valence-corrected chi connectivity index (χ1v) is 8.27. The molecule has 1 atom stereocenters. The van der Waals surface area contributed by atoms with Gasteiger partial charge >= 0.3 is 12.1 Å². The number of halogens is 3. The van der Waals surface area contributed by atoms with Crippen molar-refractivity contribution in [2.75, 3.05) is 37.0 Å². The molecule has 1 aromatic carbocycles. The highest BCUT2D eigenvalue weighted by Gasteiger charge is 2.32. The Kier molecular flexibility index (Phi) is 5.26. The van der Waals surface area contributed by atoms with Crippen molar-refractivity contribution in [3.8, 4) is 5.95 Å². The topological polar surface area (TPSA) is 70.8 Å². The number of nitrogens with zero attached hydrogens (tertiary/aromatic N) is 2. The third-order valence-electron chi connectivity index (χ3n) is 4.34. The van der Waals surface area contributed by atoms with Crippen molar-refractivity contribution in [2.24, 2.45) is 0 Å². The minimum absolute atomic E-state index is 0.287. The number of methoxy groups -OCH3 is 1. The second kappa shape index (κ2) is 7.45. The molecule has 2 N–H and O–H groups in total. The molecule has 0 amide bonds. The van der Waals surface area contributed by atoms with Gasteiger partial charge in [0.15, 0.2) is 5.82 Å². The van der Waals surface area contributed by atoms with Crippen molar-refractivity contribution < 1.29 is 27.5 Å². The van der Waals surface area contributed by atoms with Crippen molar-refractivity contribution in [1.29, 1.82) is 0 Å². The fourth-order valence-electron chi connectivity index (χ4n) is 3.03. The number of benzene rings is 1. The monoisotopic (exact) mass is 371 g/mol. The van der Waals surface area contributed by atoms with Crippen LogP contribution in [0.3, 0.4) is 0 Å². The number of hydrogen-bond acceptors (Lipinski definition) is 6. The molecular formula is C17H20F3N3O3. The molecule has 0 aliphatic carbocycles. The van der Waals surface area contributed by atoms with Gasteiger partial charge in [-0.05, 0) is 31.0 Å². The van der Waals surface area contributed by atoms with Crippen LogP contribution in [0.2, 0.25) is 0 Å². The molecule has 0 fully saturated rings. The second-order valence-electron chi connectivity index (χ2n) is 6.08. The van der Waals surface area contributed by atoms with E-state index in [9.17, 15) is 18.3 Å². The van der Waals surface area contributed by atoms with Crippen molar-refractivity contribution in [2.45, 2.75) is 25.1 Å². The molecule has 0 radical (unpaired) electrons. The van der Waals surface area contributed by atoms with Gasteiger partial charge in [-0.3, -0.25) is 0 Å². The van der Waals surface area contributed by atoms with E-state index in [1.54, 1.807) is 6.07 Å². The molecule has 1 unspecified atom stereocenters. The number of rotatable bonds is 5. The van der Waals surface area contributed by atoms with Crippen molar-refractivity contribution >= 4 is 11.5 Å². The lowest BCUT2D eigenvalue weighted by Gasteiger charge is -2.26. The van der Waals surface area contributed by atoms with Crippen LogP contribution in [0.4, 0.5) is 24.7 Å². The average Bonchev–Trinajstić information content (AvgIpc) is 3.00. The Hall–Kier alpha value is -2.42. The van der Waals surface area contributed by atoms with E-state index in [0.717, 1.165) is 12.1 Å². The smallest absolute Gasteiger partial charge is 0.416 e. The molecule has 9 heteroatoms. The lowest BCUT2D eigenvalue weighted by Crippen LogP contribution is -2.30. The molecule has 2 aromatic rings. The summed E-state index contributed by atoms with van der Waals surface area (Å²) < 4.78 is 48.7. The molecular weight excluding hydrogens is 351 g/mol. The largest absolute Gasteiger partial charge is 0.467 e. The zero-order valence-corrected chi connectivity index (χ0v) is 14.2. The first kappa shape index (κ1) is 18.4. The van der Waals surface area contributed by atoms with E-state index in [-0.39, 0.29) is 5.95 Å². The van der Waals surface area contributed by atoms with Crippen LogP contribution in [-0.4, -0.2) is 37.0 Å². The first-order valence-electron chi connectivity index (χ1n) is 8.27. The number of fused-ring (bicyclic) bond motifs is 1. The summed E-state index contributed by atoms with van der Waals surface area (Å²) in [6, 6.07) is 5.15. The van der Waals surface area contributed by atoms with Crippen LogP contribution < -0.4 is 15.0 Å². The van der Waals surface area contributed by atoms with Crippen LogP contribution >= 0.6 is 0 Å². The summed E-state index contributed by atoms with van der Waals surface area (Å²) in [7, 11) is 1.47. The third kappa shape index (κ3) is 4.04. The van der Waals surface area contributed by atoms with E-state index in [4.69, 9.17) is 9.26 Å². The molecule has 3 rings (SSSR count). The van der Waals surface area contributed by atoms with E-state index < -0.39 is 17.8 Å². The number of aromatic nitrogens is 1. The van der Waals surface area contributed by atoms with Crippen LogP contribution in [0.15, 0.2) is 28.8 Å². The normalized spacial score (nSPS) is 17.6. The van der Waals surface area contributed by atoms with Gasteiger partial charge in [0.2, 0.25) is 0 Å². The van der Waals surface area contributed by atoms with E-state index in [1.165, 1.54) is 13.2 Å². The number of hydrogen-bond donors (Lipinski definition) is 2. The van der Waals surface area contributed by atoms with Gasteiger partial charge in [0, 0.05) is 30.9 Å². The second-order valence-corrected chi connectivity index (χ2v) is 6.08. The predicted molar refractivity (Wildman–Crippen MR) is 89.4 cm³/mol. The number of anilines is 2. The summed E-state index contributed by atoms with van der Waals surface area (Å²) in [6.07, 6.45) is -4.21. The van der Waals surface area contributed by atoms with Crippen LogP contribution in [-0.2, 0) is 6.18 Å². The number of aliphatic hydroxyl groups is 1. The standard InChI is InChI=1S/C17H20F3N3O3/c1-25-16-10-15(22-26-16)21-6-8-23-7-2-3-14(24)12-9-11(17(18,19)20)4-5-13(12)23/h4-5,9-10,14,24H,2-3,6-8H2,1H3,(H,21,22). The molecule has 2 heterocycles. The molecule has 1 aliphatic rings. The summed E-state index contributed by atoms with van der Waals surface area (Å²) in [5.41, 5.74) is 0.202. The van der Waals surface area contributed by atoms with E-state index in [0.29, 0.717) is 49.5 Å². The molecule has 0 saturated heterocycles. The summed E-state index contributed by atoms with van der Waals surface area (Å²) in [5, 5.41) is 17.1. The Morgan fingerprint density at radius 2 is 2.19 bits per heavy atom. The van der Waals surface area contributed by atoms with Gasteiger partial charge in [-0.1, -0.05) is 5.16 Å². The minimum atomic E-state index is -4.43. The molecule has 0 bridgehead atoms. The fourth-order valence-corrected chi connectivity index (χ4v) is 3.03. The van der Waals surface area contributed by atoms with E-state index >= 15 is 0 Å². The third-order valence-corrected chi connectivity index (χ3v) is 4.34. The molecule has 142 valence electrons. The maximum atomic E-state index is 13.0. The van der Waals surface area contributed by atoms with Crippen molar-refractivity contribution in [3.63, 3.8) is 0 Å². The Bertz CT molecular complexity index is 748. The van der Waals surface area contributed by atoms with Crippen LogP contribution in [0.5, 0.6) is 5.95 Å². The molecule has 26 heavy (non-hydrogen) atoms. The molecule has 1 aromatic heterocycles. The van der Waals surface area contributed by atoms with Gasteiger partial charge < -0.3 is 24.6 Å². The van der Waals surface area contributed by atoms with Gasteiger partial charge in [-0.2, -0.15) is 13.2 Å². The quantitative estimate of drug-likeness (QED) is 0.839. The number of alkyl halides is 3. The van der Waals surface area contributed by atoms with Crippen LogP contribution in [0.25, 0.3) is 0 Å². The Morgan fingerprint density at radius 3 is 2.88 bits per heavy atom. The molecule has 0 saturated carbocycles. The maximum absolute atomic E-state index is 13.0. The average molecular weight is 371 g/mol. The Labute approximate surface area is 148 Å². The number of nitrogens with one attached hydrogen (secondary N) is 1. The number of aliphatic hydroxyl groups excluding tert-OH is 1. The van der Waals surface area contributed by atoms with Gasteiger partial charge in [0.1, 0.15) is 0 Å². The highest BCUT2D eigenvalue weighted by Crippen LogP contribution is 2.38. The summed E-state index contributed by atoms with van der Waals surface area (Å²) in [4.78, 5) is 1.97. The van der Waals surface area contributed by atoms with Gasteiger partial charge in [0.25, 0.3) is 0 Å². The highest BCUT2D eigenvalue weighted by atomic mass is 19.4. The Balaban J connectivity index is 1.73. The van der Waals surface area contributed by atoms with E-state index in [2.05, 4.69) is 10.5 Å². The SMILES string of the molecule is COc1cc(NCCN2CCCC(O)c3cc(C(F)(F)F)ccc32)no1. The zero-order valence-electron chi connectivity index (χ0n) is 14.2. The zero-order chi connectivity index (χ0) is 18.7. The highest BCUT2D eigenvalue weighted by molar-refractivity contribution is 5.57.